The summed E-state index contributed by atoms with van der Waals surface area (Å²) in [6.07, 6.45) is -0.220. The number of ketones is 1. The van der Waals surface area contributed by atoms with E-state index in [4.69, 9.17) is 10.2 Å². The normalized spacial score (nSPS) is 12.7. The molecular formula is C16H20O5S. The van der Waals surface area contributed by atoms with Crippen LogP contribution in [0.5, 0.6) is 0 Å². The van der Waals surface area contributed by atoms with E-state index in [0.29, 0.717) is 5.56 Å². The van der Waals surface area contributed by atoms with E-state index in [2.05, 4.69) is 20.8 Å². The molecule has 1 atom stereocenters. The molecule has 1 aromatic carbocycles. The first-order chi connectivity index (χ1) is 10.1. The summed E-state index contributed by atoms with van der Waals surface area (Å²) in [6.45, 7) is 6.19. The highest BCUT2D eigenvalue weighted by atomic mass is 32.2. The topological polar surface area (TPSA) is 91.7 Å². The maximum absolute atomic E-state index is 12.1. The van der Waals surface area contributed by atoms with Crippen molar-refractivity contribution in [2.24, 2.45) is 0 Å². The highest BCUT2D eigenvalue weighted by Crippen LogP contribution is 2.23. The summed E-state index contributed by atoms with van der Waals surface area (Å²) in [4.78, 5) is 33.8. The molecular weight excluding hydrogens is 304 g/mol. The summed E-state index contributed by atoms with van der Waals surface area (Å²) in [5.41, 5.74) is 1.50. The quantitative estimate of drug-likeness (QED) is 0.749. The van der Waals surface area contributed by atoms with Crippen LogP contribution in [-0.4, -0.2) is 38.9 Å². The highest BCUT2D eigenvalue weighted by Gasteiger charge is 2.24. The molecule has 0 radical (unpaired) electrons. The van der Waals surface area contributed by atoms with Crippen molar-refractivity contribution < 1.29 is 24.6 Å². The second-order valence-electron chi connectivity index (χ2n) is 5.99. The third kappa shape index (κ3) is 5.52. The Balaban J connectivity index is 2.77. The maximum atomic E-state index is 12.1. The van der Waals surface area contributed by atoms with Gasteiger partial charge in [0.25, 0.3) is 0 Å². The van der Waals surface area contributed by atoms with Gasteiger partial charge in [-0.2, -0.15) is 0 Å². The molecule has 0 aromatic heterocycles. The van der Waals surface area contributed by atoms with Gasteiger partial charge >= 0.3 is 11.9 Å². The second kappa shape index (κ2) is 7.45. The Morgan fingerprint density at radius 2 is 1.64 bits per heavy atom. The van der Waals surface area contributed by atoms with E-state index in [-0.39, 0.29) is 23.4 Å². The van der Waals surface area contributed by atoms with E-state index in [1.807, 2.05) is 12.1 Å². The van der Waals surface area contributed by atoms with E-state index in [0.717, 1.165) is 17.3 Å². The molecule has 0 aliphatic rings. The third-order valence-corrected chi connectivity index (χ3v) is 4.31. The van der Waals surface area contributed by atoms with Crippen LogP contribution in [0.25, 0.3) is 0 Å². The fourth-order valence-electron chi connectivity index (χ4n) is 1.83. The fraction of sp³-hybridized carbons (Fsp3) is 0.438. The second-order valence-corrected chi connectivity index (χ2v) is 7.18. The minimum atomic E-state index is -1.18. The van der Waals surface area contributed by atoms with Crippen LogP contribution in [0.1, 0.15) is 43.1 Å². The van der Waals surface area contributed by atoms with Gasteiger partial charge in [-0.05, 0) is 11.0 Å². The molecule has 120 valence electrons. The molecule has 0 amide bonds. The van der Waals surface area contributed by atoms with Gasteiger partial charge in [-0.25, -0.2) is 0 Å². The van der Waals surface area contributed by atoms with Crippen LogP contribution in [0.3, 0.4) is 0 Å². The Morgan fingerprint density at radius 1 is 1.09 bits per heavy atom. The molecule has 0 saturated heterocycles. The van der Waals surface area contributed by atoms with E-state index in [1.165, 1.54) is 0 Å². The van der Waals surface area contributed by atoms with Crippen molar-refractivity contribution >= 4 is 29.5 Å². The zero-order valence-corrected chi connectivity index (χ0v) is 13.6. The Hall–Kier alpha value is -1.82. The third-order valence-electron chi connectivity index (χ3n) is 3.13. The summed E-state index contributed by atoms with van der Waals surface area (Å²) in [7, 11) is 0. The first-order valence-corrected chi connectivity index (χ1v) is 7.86. The predicted molar refractivity (Wildman–Crippen MR) is 85.6 cm³/mol. The number of Topliss-reactive ketones (excluding diaryl/α,β-unsaturated/α-hetero) is 1. The Labute approximate surface area is 133 Å². The lowest BCUT2D eigenvalue weighted by Crippen LogP contribution is -2.22. The average Bonchev–Trinajstić information content (AvgIpc) is 2.41. The van der Waals surface area contributed by atoms with Crippen molar-refractivity contribution in [3.63, 3.8) is 0 Å². The van der Waals surface area contributed by atoms with Crippen molar-refractivity contribution in [1.29, 1.82) is 0 Å². The van der Waals surface area contributed by atoms with E-state index < -0.39 is 17.2 Å². The Bertz CT molecular complexity index is 557. The molecule has 5 nitrogen and oxygen atoms in total. The molecule has 0 bridgehead atoms. The van der Waals surface area contributed by atoms with Gasteiger partial charge in [0.15, 0.2) is 5.78 Å². The van der Waals surface area contributed by atoms with Crippen LogP contribution in [0, 0.1) is 0 Å². The number of aliphatic carboxylic acids is 2. The molecule has 1 unspecified atom stereocenters. The van der Waals surface area contributed by atoms with Gasteiger partial charge < -0.3 is 10.2 Å². The maximum Gasteiger partial charge on any atom is 0.317 e. The van der Waals surface area contributed by atoms with Crippen molar-refractivity contribution in [3.05, 3.63) is 35.4 Å². The first kappa shape index (κ1) is 18.2. The van der Waals surface area contributed by atoms with Crippen LogP contribution >= 0.6 is 11.8 Å². The van der Waals surface area contributed by atoms with Crippen LogP contribution in [-0.2, 0) is 15.0 Å². The molecule has 0 heterocycles. The van der Waals surface area contributed by atoms with Crippen molar-refractivity contribution in [1.82, 2.24) is 0 Å². The standard InChI is InChI=1S/C16H20O5S/c1-16(2,3)11-6-4-10(5-7-11)12(17)8-13(15(20)21)22-9-14(18)19/h4-7,13H,8-9H2,1-3H3,(H,18,19)(H,20,21). The largest absolute Gasteiger partial charge is 0.481 e. The molecule has 0 fully saturated rings. The number of carbonyl (C=O) groups excluding carboxylic acids is 1. The number of carbonyl (C=O) groups is 3. The monoisotopic (exact) mass is 324 g/mol. The van der Waals surface area contributed by atoms with Gasteiger partial charge in [0, 0.05) is 12.0 Å². The van der Waals surface area contributed by atoms with Gasteiger partial charge in [0.05, 0.1) is 5.75 Å². The van der Waals surface area contributed by atoms with Gasteiger partial charge in [0.1, 0.15) is 5.25 Å². The minimum absolute atomic E-state index is 0.0253. The van der Waals surface area contributed by atoms with Crippen LogP contribution in [0.2, 0.25) is 0 Å². The van der Waals surface area contributed by atoms with Crippen LogP contribution in [0.4, 0.5) is 0 Å². The van der Waals surface area contributed by atoms with Crippen LogP contribution < -0.4 is 0 Å². The van der Waals surface area contributed by atoms with Crippen LogP contribution in [0.15, 0.2) is 24.3 Å². The smallest absolute Gasteiger partial charge is 0.317 e. The van der Waals surface area contributed by atoms with Gasteiger partial charge in [0.2, 0.25) is 0 Å². The summed E-state index contributed by atoms with van der Waals surface area (Å²) in [6, 6.07) is 7.08. The minimum Gasteiger partial charge on any atom is -0.481 e. The predicted octanol–water partition coefficient (Wildman–Crippen LogP) is 2.83. The van der Waals surface area contributed by atoms with Gasteiger partial charge in [-0.3, -0.25) is 14.4 Å². The summed E-state index contributed by atoms with van der Waals surface area (Å²) in [5.74, 6) is -2.91. The molecule has 6 heteroatoms. The summed E-state index contributed by atoms with van der Waals surface area (Å²) < 4.78 is 0. The number of hydrogen-bond acceptors (Lipinski definition) is 4. The number of rotatable bonds is 7. The lowest BCUT2D eigenvalue weighted by Gasteiger charge is -2.19. The lowest BCUT2D eigenvalue weighted by molar-refractivity contribution is -0.136. The molecule has 0 spiro atoms. The molecule has 1 aromatic rings. The first-order valence-electron chi connectivity index (χ1n) is 6.81. The number of carboxylic acid groups (broad SMARTS) is 2. The molecule has 0 saturated carbocycles. The number of hydrogen-bond donors (Lipinski definition) is 2. The molecule has 22 heavy (non-hydrogen) atoms. The molecule has 1 rings (SSSR count). The zero-order valence-electron chi connectivity index (χ0n) is 12.8. The average molecular weight is 324 g/mol. The molecule has 0 aliphatic heterocycles. The fourth-order valence-corrected chi connectivity index (χ4v) is 2.59. The SMILES string of the molecule is CC(C)(C)c1ccc(C(=O)CC(SCC(=O)O)C(=O)O)cc1. The number of carboxylic acids is 2. The number of benzene rings is 1. The van der Waals surface area contributed by atoms with E-state index in [9.17, 15) is 14.4 Å². The molecule has 0 aliphatic carbocycles. The zero-order chi connectivity index (χ0) is 16.9. The highest BCUT2D eigenvalue weighted by molar-refractivity contribution is 8.01. The number of thioether (sulfide) groups is 1. The van der Waals surface area contributed by atoms with Gasteiger partial charge in [-0.1, -0.05) is 45.0 Å². The lowest BCUT2D eigenvalue weighted by atomic mass is 9.86. The van der Waals surface area contributed by atoms with E-state index in [1.54, 1.807) is 12.1 Å². The summed E-state index contributed by atoms with van der Waals surface area (Å²) >= 11 is 0.748. The van der Waals surface area contributed by atoms with Crippen molar-refractivity contribution in [2.45, 2.75) is 37.9 Å². The van der Waals surface area contributed by atoms with Crippen molar-refractivity contribution in [2.75, 3.05) is 5.75 Å². The van der Waals surface area contributed by atoms with E-state index >= 15 is 0 Å². The Morgan fingerprint density at radius 3 is 2.05 bits per heavy atom. The molecule has 2 N–H and O–H groups in total. The van der Waals surface area contributed by atoms with Gasteiger partial charge in [-0.15, -0.1) is 11.8 Å². The Kier molecular flexibility index (Phi) is 6.17. The van der Waals surface area contributed by atoms with Crippen molar-refractivity contribution in [3.8, 4) is 0 Å². The summed E-state index contributed by atoms with van der Waals surface area (Å²) in [5, 5.41) is 16.6.